The van der Waals surface area contributed by atoms with Gasteiger partial charge in [0.15, 0.2) is 5.96 Å². The van der Waals surface area contributed by atoms with Crippen molar-refractivity contribution in [2.45, 2.75) is 25.9 Å². The van der Waals surface area contributed by atoms with Crippen LogP contribution in [-0.2, 0) is 6.54 Å². The number of nitrogens with one attached hydrogen (secondary N) is 2. The summed E-state index contributed by atoms with van der Waals surface area (Å²) < 4.78 is 5.52. The van der Waals surface area contributed by atoms with Crippen molar-refractivity contribution < 1.29 is 4.74 Å². The van der Waals surface area contributed by atoms with Crippen LogP contribution >= 0.6 is 0 Å². The Bertz CT molecular complexity index is 849. The molecule has 156 valence electrons. The molecule has 1 aliphatic heterocycles. The lowest BCUT2D eigenvalue weighted by Crippen LogP contribution is -2.44. The van der Waals surface area contributed by atoms with Gasteiger partial charge in [-0.15, -0.1) is 0 Å². The van der Waals surface area contributed by atoms with Crippen molar-refractivity contribution in [1.29, 1.82) is 0 Å². The van der Waals surface area contributed by atoms with E-state index in [1.54, 1.807) is 7.11 Å². The van der Waals surface area contributed by atoms with E-state index in [1.807, 2.05) is 19.2 Å². The molecule has 0 aliphatic carbocycles. The second-order valence-electron chi connectivity index (χ2n) is 7.70. The average molecular weight is 396 g/mol. The van der Waals surface area contributed by atoms with Gasteiger partial charge < -0.3 is 25.2 Å². The van der Waals surface area contributed by atoms with Crippen LogP contribution in [0.5, 0.6) is 5.75 Å². The Balaban J connectivity index is 1.59. The van der Waals surface area contributed by atoms with Crippen molar-refractivity contribution in [2.75, 3.05) is 51.1 Å². The number of benzene rings is 2. The van der Waals surface area contributed by atoms with Crippen molar-refractivity contribution in [3.8, 4) is 5.75 Å². The first-order valence-corrected chi connectivity index (χ1v) is 10.1. The van der Waals surface area contributed by atoms with Crippen LogP contribution in [0.1, 0.15) is 17.5 Å². The van der Waals surface area contributed by atoms with Gasteiger partial charge >= 0.3 is 0 Å². The van der Waals surface area contributed by atoms with Gasteiger partial charge in [-0.2, -0.15) is 0 Å². The Morgan fingerprint density at radius 3 is 2.76 bits per heavy atom. The van der Waals surface area contributed by atoms with Crippen LogP contribution in [-0.4, -0.2) is 53.3 Å². The third kappa shape index (κ3) is 5.13. The summed E-state index contributed by atoms with van der Waals surface area (Å²) in [4.78, 5) is 8.95. The highest BCUT2D eigenvalue weighted by Gasteiger charge is 2.25. The van der Waals surface area contributed by atoms with Gasteiger partial charge in [0.2, 0.25) is 0 Å². The Hall–Kier alpha value is -2.89. The quantitative estimate of drug-likeness (QED) is 0.582. The molecule has 0 spiro atoms. The Labute approximate surface area is 174 Å². The molecule has 1 atom stereocenters. The fourth-order valence-electron chi connectivity index (χ4n) is 3.79. The molecule has 0 saturated carbocycles. The smallest absolute Gasteiger partial charge is 0.191 e. The van der Waals surface area contributed by atoms with Gasteiger partial charge in [0, 0.05) is 52.5 Å². The molecule has 0 bridgehead atoms. The predicted molar refractivity (Wildman–Crippen MR) is 122 cm³/mol. The number of para-hydroxylation sites is 2. The topological polar surface area (TPSA) is 52.1 Å². The van der Waals surface area contributed by atoms with E-state index in [4.69, 9.17) is 4.74 Å². The summed E-state index contributed by atoms with van der Waals surface area (Å²) in [5.74, 6) is 1.76. The van der Waals surface area contributed by atoms with Gasteiger partial charge in [0.05, 0.1) is 12.8 Å². The van der Waals surface area contributed by atoms with Crippen LogP contribution in [0.15, 0.2) is 47.5 Å². The zero-order valence-electron chi connectivity index (χ0n) is 18.2. The molecule has 6 nitrogen and oxygen atoms in total. The summed E-state index contributed by atoms with van der Waals surface area (Å²) in [5.41, 5.74) is 4.90. The number of methoxy groups -OCH3 is 1. The molecule has 1 aliphatic rings. The zero-order valence-corrected chi connectivity index (χ0v) is 18.2. The third-order valence-electron chi connectivity index (χ3n) is 5.35. The van der Waals surface area contributed by atoms with Crippen LogP contribution < -0.4 is 25.2 Å². The van der Waals surface area contributed by atoms with Crippen LogP contribution in [0.3, 0.4) is 0 Å². The highest BCUT2D eigenvalue weighted by molar-refractivity contribution is 5.80. The minimum atomic E-state index is 0.345. The Morgan fingerprint density at radius 2 is 2.03 bits per heavy atom. The van der Waals surface area contributed by atoms with E-state index in [2.05, 4.69) is 76.8 Å². The molecule has 6 heteroatoms. The monoisotopic (exact) mass is 395 g/mol. The average Bonchev–Trinajstić information content (AvgIpc) is 3.19. The van der Waals surface area contributed by atoms with Crippen LogP contribution in [0, 0.1) is 6.92 Å². The van der Waals surface area contributed by atoms with Gasteiger partial charge in [0.25, 0.3) is 0 Å². The standard InChI is InChI=1S/C23H33N5O/c1-17-10-11-18(21(14-17)27(3)4)15-25-23(24-2)26-19-12-13-28(16-19)20-8-6-7-9-22(20)29-5/h6-11,14,19H,12-13,15-16H2,1-5H3,(H2,24,25,26). The molecule has 1 saturated heterocycles. The molecule has 0 aromatic heterocycles. The third-order valence-corrected chi connectivity index (χ3v) is 5.35. The number of guanidine groups is 1. The van der Waals surface area contributed by atoms with E-state index in [0.717, 1.165) is 43.5 Å². The van der Waals surface area contributed by atoms with Crippen molar-refractivity contribution >= 4 is 17.3 Å². The number of nitrogens with zero attached hydrogens (tertiary/aromatic N) is 3. The summed E-state index contributed by atoms with van der Waals surface area (Å²) in [6.07, 6.45) is 1.06. The molecule has 2 aromatic carbocycles. The zero-order chi connectivity index (χ0) is 20.8. The number of aliphatic imine (C=N–C) groups is 1. The van der Waals surface area contributed by atoms with Gasteiger partial charge in [0.1, 0.15) is 5.75 Å². The lowest BCUT2D eigenvalue weighted by Gasteiger charge is -2.23. The van der Waals surface area contributed by atoms with Crippen molar-refractivity contribution in [3.05, 3.63) is 53.6 Å². The van der Waals surface area contributed by atoms with E-state index >= 15 is 0 Å². The minimum absolute atomic E-state index is 0.345. The predicted octanol–water partition coefficient (Wildman–Crippen LogP) is 3.01. The highest BCUT2D eigenvalue weighted by Crippen LogP contribution is 2.30. The van der Waals surface area contributed by atoms with E-state index in [-0.39, 0.29) is 0 Å². The summed E-state index contributed by atoms with van der Waals surface area (Å²) in [6, 6.07) is 15.1. The Morgan fingerprint density at radius 1 is 1.24 bits per heavy atom. The molecular weight excluding hydrogens is 362 g/mol. The lowest BCUT2D eigenvalue weighted by atomic mass is 10.1. The molecule has 1 fully saturated rings. The largest absolute Gasteiger partial charge is 0.495 e. The van der Waals surface area contributed by atoms with Crippen molar-refractivity contribution in [1.82, 2.24) is 10.6 Å². The second kappa shape index (κ2) is 9.54. The summed E-state index contributed by atoms with van der Waals surface area (Å²) in [7, 11) is 7.71. The van der Waals surface area contributed by atoms with Gasteiger partial charge in [-0.3, -0.25) is 4.99 Å². The molecule has 3 rings (SSSR count). The van der Waals surface area contributed by atoms with E-state index in [9.17, 15) is 0 Å². The van der Waals surface area contributed by atoms with E-state index in [0.29, 0.717) is 6.04 Å². The first kappa shape index (κ1) is 20.8. The molecule has 2 aromatic rings. The van der Waals surface area contributed by atoms with Crippen molar-refractivity contribution in [2.24, 2.45) is 4.99 Å². The molecule has 29 heavy (non-hydrogen) atoms. The van der Waals surface area contributed by atoms with Gasteiger partial charge in [-0.05, 0) is 42.7 Å². The molecule has 2 N–H and O–H groups in total. The number of hydrogen-bond donors (Lipinski definition) is 2. The normalized spacial score (nSPS) is 16.7. The molecule has 1 unspecified atom stereocenters. The maximum atomic E-state index is 5.52. The summed E-state index contributed by atoms with van der Waals surface area (Å²) in [5, 5.41) is 7.05. The van der Waals surface area contributed by atoms with E-state index < -0.39 is 0 Å². The molecule has 0 radical (unpaired) electrons. The highest BCUT2D eigenvalue weighted by atomic mass is 16.5. The minimum Gasteiger partial charge on any atom is -0.495 e. The number of ether oxygens (including phenoxy) is 1. The van der Waals surface area contributed by atoms with E-state index in [1.165, 1.54) is 16.8 Å². The van der Waals surface area contributed by atoms with Gasteiger partial charge in [-0.25, -0.2) is 0 Å². The summed E-state index contributed by atoms with van der Waals surface area (Å²) >= 11 is 0. The van der Waals surface area contributed by atoms with Gasteiger partial charge in [-0.1, -0.05) is 24.3 Å². The first-order chi connectivity index (χ1) is 14.0. The van der Waals surface area contributed by atoms with Crippen molar-refractivity contribution in [3.63, 3.8) is 0 Å². The number of anilines is 2. The fraction of sp³-hybridized carbons (Fsp3) is 0.435. The maximum Gasteiger partial charge on any atom is 0.191 e. The van der Waals surface area contributed by atoms with Crippen LogP contribution in [0.4, 0.5) is 11.4 Å². The first-order valence-electron chi connectivity index (χ1n) is 10.1. The molecular formula is C23H33N5O. The van der Waals surface area contributed by atoms with Crippen LogP contribution in [0.2, 0.25) is 0 Å². The number of hydrogen-bond acceptors (Lipinski definition) is 4. The van der Waals surface area contributed by atoms with Crippen LogP contribution in [0.25, 0.3) is 0 Å². The lowest BCUT2D eigenvalue weighted by molar-refractivity contribution is 0.415. The molecule has 0 amide bonds. The maximum absolute atomic E-state index is 5.52. The number of rotatable bonds is 6. The molecule has 1 heterocycles. The summed E-state index contributed by atoms with van der Waals surface area (Å²) in [6.45, 7) is 4.78. The number of aryl methyl sites for hydroxylation is 1. The fourth-order valence-corrected chi connectivity index (χ4v) is 3.79. The Kier molecular flexibility index (Phi) is 6.86. The second-order valence-corrected chi connectivity index (χ2v) is 7.70. The SMILES string of the molecule is CN=C(NCc1ccc(C)cc1N(C)C)NC1CCN(c2ccccc2OC)C1.